The lowest BCUT2D eigenvalue weighted by Crippen LogP contribution is -1.90. The fourth-order valence-electron chi connectivity index (χ4n) is 0.919. The minimum atomic E-state index is 0.157. The maximum Gasteiger partial charge on any atom is 0.240 e. The Kier molecular flexibility index (Phi) is 1.59. The molecule has 0 saturated heterocycles. The second kappa shape index (κ2) is 2.50. The number of fused-ring (bicyclic) bond motifs is 1. The largest absolute Gasteiger partial charge is 0.366 e. The van der Waals surface area contributed by atoms with Gasteiger partial charge in [-0.15, -0.1) is 5.10 Å². The summed E-state index contributed by atoms with van der Waals surface area (Å²) in [6.45, 7) is 0. The summed E-state index contributed by atoms with van der Waals surface area (Å²) in [6.07, 6.45) is 0. The first kappa shape index (κ1) is 7.64. The van der Waals surface area contributed by atoms with E-state index >= 15 is 0 Å². The second-order valence-corrected chi connectivity index (χ2v) is 3.00. The molecule has 0 fully saturated rings. The number of nitrogens with zero attached hydrogens (tertiary/aromatic N) is 3. The summed E-state index contributed by atoms with van der Waals surface area (Å²) in [5, 5.41) is 4.75. The topological polar surface area (TPSA) is 56.2 Å². The zero-order valence-corrected chi connectivity index (χ0v) is 7.34. The van der Waals surface area contributed by atoms with Crippen molar-refractivity contribution in [1.29, 1.82) is 0 Å². The summed E-state index contributed by atoms with van der Waals surface area (Å²) >= 11 is 11.6. The number of nitrogen functional groups attached to an aromatic ring is 1. The number of rotatable bonds is 0. The number of hydrogen-bond donors (Lipinski definition) is 1. The van der Waals surface area contributed by atoms with Crippen LogP contribution in [0.15, 0.2) is 12.1 Å². The SMILES string of the molecule is Nc1nc2c(Cl)ccc(Cl)n2n1. The number of aromatic nitrogens is 3. The van der Waals surface area contributed by atoms with Crippen molar-refractivity contribution in [2.75, 3.05) is 5.73 Å². The monoisotopic (exact) mass is 202 g/mol. The van der Waals surface area contributed by atoms with Crippen LogP contribution in [0.2, 0.25) is 10.2 Å². The predicted octanol–water partition coefficient (Wildman–Crippen LogP) is 1.62. The highest BCUT2D eigenvalue weighted by atomic mass is 35.5. The van der Waals surface area contributed by atoms with Gasteiger partial charge in [0.2, 0.25) is 5.95 Å². The van der Waals surface area contributed by atoms with Crippen LogP contribution in [0.1, 0.15) is 0 Å². The van der Waals surface area contributed by atoms with E-state index in [0.29, 0.717) is 15.8 Å². The molecule has 0 atom stereocenters. The highest BCUT2D eigenvalue weighted by Gasteiger charge is 2.06. The summed E-state index contributed by atoms with van der Waals surface area (Å²) < 4.78 is 1.39. The fraction of sp³-hybridized carbons (Fsp3) is 0. The van der Waals surface area contributed by atoms with E-state index in [1.165, 1.54) is 4.52 Å². The Balaban J connectivity index is 2.93. The van der Waals surface area contributed by atoms with Gasteiger partial charge in [0, 0.05) is 0 Å². The Morgan fingerprint density at radius 1 is 1.33 bits per heavy atom. The van der Waals surface area contributed by atoms with Crippen molar-refractivity contribution >= 4 is 34.8 Å². The van der Waals surface area contributed by atoms with Gasteiger partial charge in [-0.25, -0.2) is 0 Å². The Hall–Kier alpha value is -1.00. The standard InChI is InChI=1S/C6H4Cl2N4/c7-3-1-2-4(8)12-5(3)10-6(9)11-12/h1-2H,(H2,9,11). The van der Waals surface area contributed by atoms with Crippen molar-refractivity contribution in [2.24, 2.45) is 0 Å². The number of anilines is 1. The molecule has 4 nitrogen and oxygen atoms in total. The van der Waals surface area contributed by atoms with Gasteiger partial charge in [-0.05, 0) is 12.1 Å². The molecule has 0 saturated carbocycles. The van der Waals surface area contributed by atoms with Crippen molar-refractivity contribution in [1.82, 2.24) is 14.6 Å². The van der Waals surface area contributed by atoms with E-state index in [4.69, 9.17) is 28.9 Å². The molecule has 2 heterocycles. The van der Waals surface area contributed by atoms with Gasteiger partial charge in [0.1, 0.15) is 5.15 Å². The van der Waals surface area contributed by atoms with E-state index in [-0.39, 0.29) is 5.95 Å². The third-order valence-corrected chi connectivity index (χ3v) is 1.99. The van der Waals surface area contributed by atoms with Gasteiger partial charge in [0.05, 0.1) is 5.02 Å². The van der Waals surface area contributed by atoms with Crippen LogP contribution in [0.3, 0.4) is 0 Å². The van der Waals surface area contributed by atoms with Gasteiger partial charge < -0.3 is 5.73 Å². The highest BCUT2D eigenvalue weighted by molar-refractivity contribution is 6.34. The summed E-state index contributed by atoms with van der Waals surface area (Å²) in [4.78, 5) is 3.89. The first-order valence-corrected chi connectivity index (χ1v) is 3.90. The van der Waals surface area contributed by atoms with E-state index < -0.39 is 0 Å². The number of halogens is 2. The van der Waals surface area contributed by atoms with Crippen molar-refractivity contribution in [2.45, 2.75) is 0 Å². The van der Waals surface area contributed by atoms with E-state index in [2.05, 4.69) is 10.1 Å². The normalized spacial score (nSPS) is 10.8. The van der Waals surface area contributed by atoms with Gasteiger partial charge >= 0.3 is 0 Å². The van der Waals surface area contributed by atoms with Crippen molar-refractivity contribution < 1.29 is 0 Å². The molecule has 2 aromatic heterocycles. The van der Waals surface area contributed by atoms with Gasteiger partial charge in [-0.1, -0.05) is 23.2 Å². The van der Waals surface area contributed by atoms with Crippen LogP contribution < -0.4 is 5.73 Å². The molecule has 0 bridgehead atoms. The van der Waals surface area contributed by atoms with Crippen molar-refractivity contribution in [3.63, 3.8) is 0 Å². The summed E-state index contributed by atoms with van der Waals surface area (Å²) in [5.41, 5.74) is 5.84. The first-order chi connectivity index (χ1) is 5.68. The van der Waals surface area contributed by atoms with Crippen LogP contribution in [0, 0.1) is 0 Å². The molecule has 0 spiro atoms. The first-order valence-electron chi connectivity index (χ1n) is 3.15. The van der Waals surface area contributed by atoms with Crippen LogP contribution in [-0.4, -0.2) is 14.6 Å². The molecule has 0 unspecified atom stereocenters. The van der Waals surface area contributed by atoms with Crippen LogP contribution in [-0.2, 0) is 0 Å². The predicted molar refractivity (Wildman–Crippen MR) is 47.4 cm³/mol. The maximum absolute atomic E-state index is 5.80. The molecule has 6 heteroatoms. The van der Waals surface area contributed by atoms with Crippen LogP contribution >= 0.6 is 23.2 Å². The molecule has 0 aromatic carbocycles. The average molecular weight is 203 g/mol. The molecule has 0 aliphatic heterocycles. The van der Waals surface area contributed by atoms with Crippen molar-refractivity contribution in [3.05, 3.63) is 22.3 Å². The zero-order chi connectivity index (χ0) is 8.72. The minimum absolute atomic E-state index is 0.157. The van der Waals surface area contributed by atoms with E-state index in [0.717, 1.165) is 0 Å². The molecule has 2 rings (SSSR count). The third-order valence-electron chi connectivity index (χ3n) is 1.41. The molecule has 0 radical (unpaired) electrons. The van der Waals surface area contributed by atoms with E-state index in [1.54, 1.807) is 12.1 Å². The lowest BCUT2D eigenvalue weighted by molar-refractivity contribution is 0.969. The lowest BCUT2D eigenvalue weighted by Gasteiger charge is -1.94. The molecule has 12 heavy (non-hydrogen) atoms. The molecule has 62 valence electrons. The Bertz CT molecular complexity index is 397. The highest BCUT2D eigenvalue weighted by Crippen LogP contribution is 2.20. The minimum Gasteiger partial charge on any atom is -0.366 e. The van der Waals surface area contributed by atoms with Crippen LogP contribution in [0.25, 0.3) is 5.65 Å². The third kappa shape index (κ3) is 1.00. The number of hydrogen-bond acceptors (Lipinski definition) is 3. The maximum atomic E-state index is 5.80. The molecule has 0 amide bonds. The second-order valence-electron chi connectivity index (χ2n) is 2.21. The fourth-order valence-corrected chi connectivity index (χ4v) is 1.28. The molecule has 2 aromatic rings. The zero-order valence-electron chi connectivity index (χ0n) is 5.83. The van der Waals surface area contributed by atoms with Crippen LogP contribution in [0.4, 0.5) is 5.95 Å². The summed E-state index contributed by atoms with van der Waals surface area (Å²) in [6, 6.07) is 3.28. The Labute approximate surface area is 77.9 Å². The number of nitrogens with two attached hydrogens (primary N) is 1. The van der Waals surface area contributed by atoms with E-state index in [1.807, 2.05) is 0 Å². The lowest BCUT2D eigenvalue weighted by atomic mass is 10.5. The smallest absolute Gasteiger partial charge is 0.240 e. The summed E-state index contributed by atoms with van der Waals surface area (Å²) in [7, 11) is 0. The van der Waals surface area contributed by atoms with Crippen LogP contribution in [0.5, 0.6) is 0 Å². The van der Waals surface area contributed by atoms with Gasteiger partial charge in [-0.2, -0.15) is 9.50 Å². The molecular formula is C6H4Cl2N4. The molecule has 2 N–H and O–H groups in total. The average Bonchev–Trinajstić information content (AvgIpc) is 2.41. The molecule has 0 aliphatic rings. The van der Waals surface area contributed by atoms with Gasteiger partial charge in [-0.3, -0.25) is 0 Å². The quantitative estimate of drug-likeness (QED) is 0.661. The van der Waals surface area contributed by atoms with Gasteiger partial charge in [0.15, 0.2) is 5.65 Å². The Morgan fingerprint density at radius 3 is 2.75 bits per heavy atom. The van der Waals surface area contributed by atoms with Gasteiger partial charge in [0.25, 0.3) is 0 Å². The molecule has 0 aliphatic carbocycles. The van der Waals surface area contributed by atoms with Crippen molar-refractivity contribution in [3.8, 4) is 0 Å². The number of pyridine rings is 1. The van der Waals surface area contributed by atoms with E-state index in [9.17, 15) is 0 Å². The molecular weight excluding hydrogens is 199 g/mol. The Morgan fingerprint density at radius 2 is 2.08 bits per heavy atom. The summed E-state index contributed by atoms with van der Waals surface area (Å²) in [5.74, 6) is 0.157.